The Kier molecular flexibility index (Phi) is 1.98. The van der Waals surface area contributed by atoms with Gasteiger partial charge in [0.15, 0.2) is 0 Å². The van der Waals surface area contributed by atoms with Crippen molar-refractivity contribution in [3.05, 3.63) is 82.8 Å². The molecule has 0 heterocycles. The van der Waals surface area contributed by atoms with Crippen molar-refractivity contribution in [2.24, 2.45) is 0 Å². The maximum Gasteiger partial charge on any atom is -0.00202 e. The van der Waals surface area contributed by atoms with Crippen molar-refractivity contribution in [2.45, 2.75) is 6.42 Å². The Hall–Kier alpha value is -2.86. The second-order valence-corrected chi connectivity index (χ2v) is 6.54. The van der Waals surface area contributed by atoms with Crippen molar-refractivity contribution in [1.82, 2.24) is 0 Å². The van der Waals surface area contributed by atoms with Crippen LogP contribution in [0, 0.1) is 0 Å². The molecule has 4 aromatic carbocycles. The molecule has 0 spiro atoms. The molecule has 0 bridgehead atoms. The van der Waals surface area contributed by atoms with Gasteiger partial charge < -0.3 is 0 Å². The molecule has 6 rings (SSSR count). The van der Waals surface area contributed by atoms with E-state index < -0.39 is 0 Å². The van der Waals surface area contributed by atoms with E-state index in [9.17, 15) is 0 Å². The van der Waals surface area contributed by atoms with Gasteiger partial charge in [0.2, 0.25) is 0 Å². The standard InChI is InChI=1S/C23H14/c1-2-8-17-16(5-1)13-20-18-9-3-6-14-11-12-15-7-4-10-19(23(17)20)22(15)21(14)18/h1-7,9-13H,8H2. The van der Waals surface area contributed by atoms with Crippen molar-refractivity contribution in [1.29, 1.82) is 0 Å². The quantitative estimate of drug-likeness (QED) is 0.421. The van der Waals surface area contributed by atoms with Crippen LogP contribution >= 0.6 is 0 Å². The first-order valence-corrected chi connectivity index (χ1v) is 8.19. The zero-order valence-corrected chi connectivity index (χ0v) is 12.6. The molecule has 0 nitrogen and oxygen atoms in total. The summed E-state index contributed by atoms with van der Waals surface area (Å²) in [5.41, 5.74) is 2.88. The maximum atomic E-state index is 2.39. The van der Waals surface area contributed by atoms with Crippen molar-refractivity contribution in [2.75, 3.05) is 0 Å². The van der Waals surface area contributed by atoms with Gasteiger partial charge in [-0.25, -0.2) is 0 Å². The minimum absolute atomic E-state index is 1.04. The van der Waals surface area contributed by atoms with Crippen molar-refractivity contribution >= 4 is 44.0 Å². The van der Waals surface area contributed by atoms with Gasteiger partial charge in [-0.3, -0.25) is 0 Å². The molecular weight excluding hydrogens is 276 g/mol. The van der Waals surface area contributed by atoms with E-state index in [0.717, 1.165) is 6.42 Å². The van der Waals surface area contributed by atoms with E-state index in [4.69, 9.17) is 0 Å². The third-order valence-corrected chi connectivity index (χ3v) is 5.40. The van der Waals surface area contributed by atoms with Crippen molar-refractivity contribution in [3.8, 4) is 0 Å². The van der Waals surface area contributed by atoms with E-state index in [1.54, 1.807) is 0 Å². The first kappa shape index (κ1) is 11.7. The van der Waals surface area contributed by atoms with Crippen LogP contribution in [0.3, 0.4) is 0 Å². The number of fused-ring (bicyclic) bond motifs is 4. The normalized spacial score (nSPS) is 16.0. The summed E-state index contributed by atoms with van der Waals surface area (Å²) < 4.78 is 0. The average Bonchev–Trinajstić information content (AvgIpc) is 3.00. The molecule has 0 fully saturated rings. The van der Waals surface area contributed by atoms with E-state index in [2.05, 4.69) is 72.8 Å². The predicted molar refractivity (Wildman–Crippen MR) is 99.1 cm³/mol. The number of hydrogen-bond donors (Lipinski definition) is 0. The Labute approximate surface area is 133 Å². The number of allylic oxidation sites excluding steroid dienone is 4. The summed E-state index contributed by atoms with van der Waals surface area (Å²) >= 11 is 0. The van der Waals surface area contributed by atoms with Crippen molar-refractivity contribution in [3.63, 3.8) is 0 Å². The zero-order chi connectivity index (χ0) is 15.0. The van der Waals surface area contributed by atoms with Crippen LogP contribution in [0.25, 0.3) is 44.0 Å². The van der Waals surface area contributed by atoms with Gasteiger partial charge in [-0.2, -0.15) is 0 Å². The zero-order valence-electron chi connectivity index (χ0n) is 12.6. The van der Waals surface area contributed by atoms with Crippen LogP contribution in [-0.2, 0) is 0 Å². The highest BCUT2D eigenvalue weighted by molar-refractivity contribution is 6.24. The topological polar surface area (TPSA) is 0 Å². The third-order valence-electron chi connectivity index (χ3n) is 5.40. The van der Waals surface area contributed by atoms with Gasteiger partial charge in [0.05, 0.1) is 0 Å². The Morgan fingerprint density at radius 3 is 2.30 bits per heavy atom. The van der Waals surface area contributed by atoms with Crippen LogP contribution in [0.1, 0.15) is 6.42 Å². The van der Waals surface area contributed by atoms with Gasteiger partial charge in [0.25, 0.3) is 0 Å². The van der Waals surface area contributed by atoms with Gasteiger partial charge >= 0.3 is 0 Å². The fourth-order valence-electron chi connectivity index (χ4n) is 4.46. The van der Waals surface area contributed by atoms with Gasteiger partial charge in [0.1, 0.15) is 0 Å². The molecule has 2 aliphatic carbocycles. The van der Waals surface area contributed by atoms with Crippen LogP contribution in [0.2, 0.25) is 0 Å². The first-order chi connectivity index (χ1) is 11.4. The lowest BCUT2D eigenvalue weighted by molar-refractivity contribution is 1.37. The van der Waals surface area contributed by atoms with E-state index in [-0.39, 0.29) is 0 Å². The predicted octanol–water partition coefficient (Wildman–Crippen LogP) is 4.42. The lowest BCUT2D eigenvalue weighted by atomic mass is 9.91. The molecule has 4 aromatic rings. The molecule has 0 atom stereocenters. The highest BCUT2D eigenvalue weighted by Crippen LogP contribution is 2.33. The van der Waals surface area contributed by atoms with Crippen LogP contribution in [0.4, 0.5) is 0 Å². The van der Waals surface area contributed by atoms with Gasteiger partial charge in [-0.05, 0) is 66.4 Å². The van der Waals surface area contributed by atoms with Crippen LogP contribution in [0.15, 0.2) is 72.3 Å². The smallest absolute Gasteiger partial charge is 0.00202 e. The third kappa shape index (κ3) is 1.33. The number of benzene rings is 4. The van der Waals surface area contributed by atoms with Crippen LogP contribution in [-0.4, -0.2) is 0 Å². The van der Waals surface area contributed by atoms with Gasteiger partial charge in [0, 0.05) is 0 Å². The van der Waals surface area contributed by atoms with Crippen LogP contribution in [0.5, 0.6) is 0 Å². The van der Waals surface area contributed by atoms with Gasteiger partial charge in [-0.15, -0.1) is 0 Å². The minimum Gasteiger partial charge on any atom is -0.0801 e. The molecule has 0 radical (unpaired) electrons. The molecule has 0 aliphatic heterocycles. The SMILES string of the molecule is C1=CCC2=c3c(c4cccc5ccc6cccc3c6c54)=CC2=C1. The Balaban J connectivity index is 2.08. The molecule has 0 saturated heterocycles. The van der Waals surface area contributed by atoms with E-state index in [1.807, 2.05) is 0 Å². The summed E-state index contributed by atoms with van der Waals surface area (Å²) in [5.74, 6) is 0. The summed E-state index contributed by atoms with van der Waals surface area (Å²) in [4.78, 5) is 0. The molecule has 0 heteroatoms. The maximum absolute atomic E-state index is 2.39. The minimum atomic E-state index is 1.04. The Bertz CT molecular complexity index is 1310. The molecule has 2 aliphatic rings. The second-order valence-electron chi connectivity index (χ2n) is 6.54. The molecule has 0 saturated carbocycles. The highest BCUT2D eigenvalue weighted by Gasteiger charge is 2.18. The number of hydrogen-bond acceptors (Lipinski definition) is 0. The van der Waals surface area contributed by atoms with E-state index in [0.29, 0.717) is 0 Å². The Morgan fingerprint density at radius 1 is 0.739 bits per heavy atom. The fraction of sp³-hybridized carbons (Fsp3) is 0.0435. The van der Waals surface area contributed by atoms with Crippen molar-refractivity contribution < 1.29 is 0 Å². The molecule has 0 aromatic heterocycles. The molecule has 23 heavy (non-hydrogen) atoms. The van der Waals surface area contributed by atoms with E-state index in [1.165, 1.54) is 53.9 Å². The molecule has 0 amide bonds. The largest absolute Gasteiger partial charge is 0.0801 e. The van der Waals surface area contributed by atoms with E-state index >= 15 is 0 Å². The average molecular weight is 290 g/mol. The highest BCUT2D eigenvalue weighted by atomic mass is 14.2. The summed E-state index contributed by atoms with van der Waals surface area (Å²) in [6.07, 6.45) is 10.1. The molecule has 0 unspecified atom stereocenters. The van der Waals surface area contributed by atoms with Crippen LogP contribution < -0.4 is 10.4 Å². The lowest BCUT2D eigenvalue weighted by Crippen LogP contribution is -2.25. The summed E-state index contributed by atoms with van der Waals surface area (Å²) in [7, 11) is 0. The summed E-state index contributed by atoms with van der Waals surface area (Å²) in [5, 5.41) is 11.2. The first-order valence-electron chi connectivity index (χ1n) is 8.19. The number of rotatable bonds is 0. The fourth-order valence-corrected chi connectivity index (χ4v) is 4.46. The summed E-state index contributed by atoms with van der Waals surface area (Å²) in [6, 6.07) is 18.0. The molecular formula is C23H14. The van der Waals surface area contributed by atoms with Gasteiger partial charge in [-0.1, -0.05) is 66.8 Å². The summed E-state index contributed by atoms with van der Waals surface area (Å²) in [6.45, 7) is 0. The Morgan fingerprint density at radius 2 is 1.48 bits per heavy atom. The molecule has 106 valence electrons. The lowest BCUT2D eigenvalue weighted by Gasteiger charge is -2.12. The monoisotopic (exact) mass is 290 g/mol. The molecule has 0 N–H and O–H groups in total. The second kappa shape index (κ2) is 3.91.